The van der Waals surface area contributed by atoms with Crippen molar-refractivity contribution in [3.8, 4) is 0 Å². The minimum absolute atomic E-state index is 0.461. The first-order valence-electron chi connectivity index (χ1n) is 1.11. The average Bonchev–Trinajstić information content (AvgIpc) is 1.38. The maximum absolute atomic E-state index is 5.34. The normalized spacial score (nSPS) is 12.0. The van der Waals surface area contributed by atoms with Crippen LogP contribution in [0.1, 0.15) is 0 Å². The molecule has 5 heavy (non-hydrogen) atoms. The molecule has 0 spiro atoms. The van der Waals surface area contributed by atoms with Gasteiger partial charge in [-0.25, -0.2) is 0 Å². The van der Waals surface area contributed by atoms with Gasteiger partial charge in [0, 0.05) is 0 Å². The number of halogens is 3. The number of hydrogen-bond acceptors (Lipinski definition) is 0. The second-order valence-corrected chi connectivity index (χ2v) is 25.5. The molecule has 0 rings (SSSR count). The quantitative estimate of drug-likeness (QED) is 0.436. The summed E-state index contributed by atoms with van der Waals surface area (Å²) in [5, 5.41) is 0. The Morgan fingerprint density at radius 2 is 1.60 bits per heavy atom. The van der Waals surface area contributed by atoms with E-state index in [1.165, 1.54) is 0 Å². The molecule has 0 aromatic rings. The summed E-state index contributed by atoms with van der Waals surface area (Å²) < 4.78 is 0. The standard InChI is InChI=1S/Cl3GeH3Si/c1-4(2)5-3/h4H,5H2. The van der Waals surface area contributed by atoms with Crippen molar-refractivity contribution < 1.29 is 0 Å². The van der Waals surface area contributed by atoms with Crippen LogP contribution in [0, 0.1) is 0 Å². The summed E-state index contributed by atoms with van der Waals surface area (Å²) in [5.41, 5.74) is 0. The fourth-order valence-electron chi connectivity index (χ4n) is 0. The molecule has 0 aliphatic heterocycles. The van der Waals surface area contributed by atoms with Crippen LogP contribution in [0.5, 0.6) is 0 Å². The van der Waals surface area contributed by atoms with Crippen LogP contribution in [0.4, 0.5) is 0 Å². The van der Waals surface area contributed by atoms with Gasteiger partial charge in [-0.1, -0.05) is 0 Å². The molecule has 0 bridgehead atoms. The van der Waals surface area contributed by atoms with Crippen molar-refractivity contribution in [2.45, 2.75) is 0 Å². The Bertz CT molecular complexity index is 20.9. The van der Waals surface area contributed by atoms with Crippen LogP contribution in [0.15, 0.2) is 0 Å². The van der Waals surface area contributed by atoms with Gasteiger partial charge in [-0.05, 0) is 0 Å². The zero-order valence-corrected chi connectivity index (χ0v) is 8.52. The molecule has 0 saturated carbocycles. The van der Waals surface area contributed by atoms with Gasteiger partial charge in [0.15, 0.2) is 0 Å². The fraction of sp³-hybridized carbons (Fsp3) is 0. The van der Waals surface area contributed by atoms with Gasteiger partial charge >= 0.3 is 50.3 Å². The van der Waals surface area contributed by atoms with Crippen LogP contribution in [-0.4, -0.2) is 19.2 Å². The first-order valence-corrected chi connectivity index (χ1v) is 15.6. The molecule has 0 N–H and O–H groups in total. The van der Waals surface area contributed by atoms with Crippen LogP contribution < -0.4 is 0 Å². The Hall–Kier alpha value is 1.63. The van der Waals surface area contributed by atoms with Gasteiger partial charge in [0.05, 0.1) is 0 Å². The van der Waals surface area contributed by atoms with Gasteiger partial charge in [-0.2, -0.15) is 0 Å². The summed E-state index contributed by atoms with van der Waals surface area (Å²) in [6, 6.07) is 0. The Morgan fingerprint density at radius 1 is 1.40 bits per heavy atom. The molecular formula is H3Cl3GeSi. The number of hydrogen-bond donors (Lipinski definition) is 0. The zero-order chi connectivity index (χ0) is 4.28. The molecule has 0 unspecified atom stereocenters. The van der Waals surface area contributed by atoms with Crippen molar-refractivity contribution in [3.63, 3.8) is 0 Å². The molecule has 0 saturated heterocycles. The topological polar surface area (TPSA) is 0 Å². The average molecular weight is 210 g/mol. The third-order valence-electron chi connectivity index (χ3n) is 0.117. The van der Waals surface area contributed by atoms with Crippen molar-refractivity contribution in [2.24, 2.45) is 0 Å². The van der Waals surface area contributed by atoms with E-state index in [9.17, 15) is 0 Å². The van der Waals surface area contributed by atoms with Crippen molar-refractivity contribution >= 4 is 50.3 Å². The molecule has 0 nitrogen and oxygen atoms in total. The Balaban J connectivity index is 2.54. The molecule has 5 heteroatoms. The molecule has 32 valence electrons. The molecule has 0 aliphatic carbocycles. The Kier molecular flexibility index (Phi) is 5.05. The molecular weight excluding hydrogens is 207 g/mol. The first-order chi connectivity index (χ1) is 2.27. The minimum atomic E-state index is -1.66. The van der Waals surface area contributed by atoms with Crippen LogP contribution in [0.3, 0.4) is 0 Å². The van der Waals surface area contributed by atoms with Gasteiger partial charge in [0.2, 0.25) is 0 Å². The summed E-state index contributed by atoms with van der Waals surface area (Å²) >= 11 is 3.63. The van der Waals surface area contributed by atoms with Crippen LogP contribution in [0.2, 0.25) is 0 Å². The summed E-state index contributed by atoms with van der Waals surface area (Å²) in [5.74, 6) is 0. The van der Waals surface area contributed by atoms with Gasteiger partial charge < -0.3 is 0 Å². The number of rotatable bonds is 1. The molecule has 0 radical (unpaired) electrons. The third-order valence-corrected chi connectivity index (χ3v) is 16.4. The van der Waals surface area contributed by atoms with E-state index in [4.69, 9.17) is 31.1 Å². The fourth-order valence-corrected chi connectivity index (χ4v) is 0. The molecule has 0 heterocycles. The molecule has 0 aromatic heterocycles. The Labute approximate surface area is 50.2 Å². The second-order valence-electron chi connectivity index (χ2n) is 0.545. The molecule has 0 amide bonds. The summed E-state index contributed by atoms with van der Waals surface area (Å²) in [6.45, 7) is 0. The SMILES string of the molecule is Cl[SiH2][GeH]([Cl])[Cl]. The van der Waals surface area contributed by atoms with Crippen LogP contribution in [0.25, 0.3) is 0 Å². The molecule has 0 atom stereocenters. The summed E-state index contributed by atoms with van der Waals surface area (Å²) in [7, 11) is 10.2. The monoisotopic (exact) mass is 210 g/mol. The van der Waals surface area contributed by atoms with Crippen molar-refractivity contribution in [1.82, 2.24) is 0 Å². The predicted molar refractivity (Wildman–Crippen MR) is 33.3 cm³/mol. The van der Waals surface area contributed by atoms with E-state index in [1.807, 2.05) is 0 Å². The van der Waals surface area contributed by atoms with E-state index in [0.717, 1.165) is 0 Å². The maximum atomic E-state index is 5.34. The van der Waals surface area contributed by atoms with E-state index < -0.39 is 19.2 Å². The second kappa shape index (κ2) is 3.81. The van der Waals surface area contributed by atoms with Crippen molar-refractivity contribution in [3.05, 3.63) is 0 Å². The first kappa shape index (κ1) is 6.63. The van der Waals surface area contributed by atoms with Gasteiger partial charge in [-0.15, -0.1) is 0 Å². The molecule has 0 aromatic carbocycles. The Morgan fingerprint density at radius 3 is 1.60 bits per heavy atom. The van der Waals surface area contributed by atoms with Crippen molar-refractivity contribution in [1.29, 1.82) is 0 Å². The van der Waals surface area contributed by atoms with Gasteiger partial charge in [0.1, 0.15) is 0 Å². The van der Waals surface area contributed by atoms with E-state index in [2.05, 4.69) is 0 Å². The molecule has 0 fully saturated rings. The predicted octanol–water partition coefficient (Wildman–Crippen LogP) is 0.504. The molecule has 0 aliphatic rings. The van der Waals surface area contributed by atoms with E-state index in [0.29, 0.717) is 0 Å². The zero-order valence-electron chi connectivity index (χ0n) is 2.42. The van der Waals surface area contributed by atoms with E-state index in [1.54, 1.807) is 0 Å². The van der Waals surface area contributed by atoms with Crippen molar-refractivity contribution in [2.75, 3.05) is 0 Å². The van der Waals surface area contributed by atoms with E-state index in [-0.39, 0.29) is 0 Å². The van der Waals surface area contributed by atoms with Crippen LogP contribution >= 0.6 is 31.1 Å². The summed E-state index contributed by atoms with van der Waals surface area (Å²) in [6.07, 6.45) is 0. The third kappa shape index (κ3) is 5.63. The summed E-state index contributed by atoms with van der Waals surface area (Å²) in [4.78, 5) is 0. The van der Waals surface area contributed by atoms with Gasteiger partial charge in [0.25, 0.3) is 0 Å². The van der Waals surface area contributed by atoms with Gasteiger partial charge in [-0.3, -0.25) is 0 Å². The van der Waals surface area contributed by atoms with E-state index >= 15 is 0 Å². The van der Waals surface area contributed by atoms with Crippen LogP contribution in [-0.2, 0) is 0 Å².